The fourth-order valence-corrected chi connectivity index (χ4v) is 4.08. The Hall–Kier alpha value is -3.93. The summed E-state index contributed by atoms with van der Waals surface area (Å²) in [6.45, 7) is 4.28. The molecule has 1 aliphatic heterocycles. The number of benzene rings is 2. The van der Waals surface area contributed by atoms with Crippen LogP contribution < -0.4 is 15.1 Å². The molecule has 2 aromatic heterocycles. The molecule has 1 amide bonds. The summed E-state index contributed by atoms with van der Waals surface area (Å²) >= 11 is 0. The van der Waals surface area contributed by atoms with E-state index in [4.69, 9.17) is 9.15 Å². The Balaban J connectivity index is 1.80. The number of fused-ring (bicyclic) bond motifs is 2. The number of para-hydroxylation sites is 1. The van der Waals surface area contributed by atoms with Crippen LogP contribution in [0.3, 0.4) is 0 Å². The summed E-state index contributed by atoms with van der Waals surface area (Å²) in [6, 6.07) is 19.2. The number of ether oxygens (including phenoxy) is 1. The third-order valence-corrected chi connectivity index (χ3v) is 5.38. The molecule has 6 nitrogen and oxygen atoms in total. The molecular formula is C25H20N2O4. The molecule has 0 bridgehead atoms. The maximum absolute atomic E-state index is 13.5. The third-order valence-electron chi connectivity index (χ3n) is 5.38. The molecule has 31 heavy (non-hydrogen) atoms. The second-order valence-corrected chi connectivity index (χ2v) is 7.39. The first-order valence-electron chi connectivity index (χ1n) is 10.1. The van der Waals surface area contributed by atoms with Crippen LogP contribution in [0.1, 0.15) is 40.3 Å². The van der Waals surface area contributed by atoms with Gasteiger partial charge in [-0.2, -0.15) is 0 Å². The zero-order valence-corrected chi connectivity index (χ0v) is 17.2. The number of carbonyl (C=O) groups excluding carboxylic acids is 1. The number of anilines is 1. The molecule has 0 spiro atoms. The van der Waals surface area contributed by atoms with Gasteiger partial charge in [0.05, 0.1) is 23.6 Å². The van der Waals surface area contributed by atoms with Crippen LogP contribution in [-0.4, -0.2) is 17.5 Å². The second kappa shape index (κ2) is 7.40. The van der Waals surface area contributed by atoms with Gasteiger partial charge in [0.25, 0.3) is 5.91 Å². The van der Waals surface area contributed by atoms with Crippen LogP contribution in [0.15, 0.2) is 75.9 Å². The van der Waals surface area contributed by atoms with Crippen molar-refractivity contribution in [2.45, 2.75) is 19.9 Å². The summed E-state index contributed by atoms with van der Waals surface area (Å²) in [5.41, 5.74) is 2.02. The summed E-state index contributed by atoms with van der Waals surface area (Å²) < 4.78 is 11.6. The van der Waals surface area contributed by atoms with Gasteiger partial charge in [-0.05, 0) is 55.8 Å². The lowest BCUT2D eigenvalue weighted by Crippen LogP contribution is -2.30. The van der Waals surface area contributed by atoms with Gasteiger partial charge in [0.2, 0.25) is 5.76 Å². The average Bonchev–Trinajstić information content (AvgIpc) is 3.07. The number of aryl methyl sites for hydroxylation is 1. The molecule has 1 atom stereocenters. The van der Waals surface area contributed by atoms with Crippen molar-refractivity contribution in [1.29, 1.82) is 0 Å². The lowest BCUT2D eigenvalue weighted by molar-refractivity contribution is 0.0970. The molecule has 1 aliphatic rings. The molecule has 0 saturated heterocycles. The average molecular weight is 412 g/mol. The molecule has 3 heterocycles. The van der Waals surface area contributed by atoms with Gasteiger partial charge in [-0.15, -0.1) is 0 Å². The minimum Gasteiger partial charge on any atom is -0.494 e. The highest BCUT2D eigenvalue weighted by Crippen LogP contribution is 2.41. The number of hydrogen-bond acceptors (Lipinski definition) is 5. The molecule has 2 aromatic carbocycles. The van der Waals surface area contributed by atoms with E-state index in [1.807, 2.05) is 50.2 Å². The Morgan fingerprint density at radius 2 is 1.84 bits per heavy atom. The number of carbonyl (C=O) groups is 1. The van der Waals surface area contributed by atoms with Crippen molar-refractivity contribution < 1.29 is 13.9 Å². The predicted octanol–water partition coefficient (Wildman–Crippen LogP) is 4.64. The zero-order valence-electron chi connectivity index (χ0n) is 17.2. The Labute approximate surface area is 178 Å². The van der Waals surface area contributed by atoms with Crippen molar-refractivity contribution in [3.05, 3.63) is 99.5 Å². The summed E-state index contributed by atoms with van der Waals surface area (Å²) in [4.78, 5) is 33.1. The fourth-order valence-electron chi connectivity index (χ4n) is 4.08. The number of hydrogen-bond donors (Lipinski definition) is 0. The normalized spacial score (nSPS) is 15.4. The van der Waals surface area contributed by atoms with Gasteiger partial charge in [-0.25, -0.2) is 4.98 Å². The highest BCUT2D eigenvalue weighted by atomic mass is 16.5. The third kappa shape index (κ3) is 3.08. The Bertz CT molecular complexity index is 1380. The van der Waals surface area contributed by atoms with Crippen LogP contribution in [0.4, 0.5) is 5.82 Å². The number of nitrogens with zero attached hydrogens (tertiary/aromatic N) is 2. The van der Waals surface area contributed by atoms with Crippen molar-refractivity contribution >= 4 is 22.7 Å². The fraction of sp³-hybridized carbons (Fsp3) is 0.160. The van der Waals surface area contributed by atoms with E-state index >= 15 is 0 Å². The van der Waals surface area contributed by atoms with Crippen LogP contribution in [-0.2, 0) is 0 Å². The highest BCUT2D eigenvalue weighted by Gasteiger charge is 2.44. The number of rotatable bonds is 4. The summed E-state index contributed by atoms with van der Waals surface area (Å²) in [6.07, 6.45) is 0. The monoisotopic (exact) mass is 412 g/mol. The van der Waals surface area contributed by atoms with E-state index in [-0.39, 0.29) is 17.1 Å². The van der Waals surface area contributed by atoms with Crippen LogP contribution in [0.25, 0.3) is 11.0 Å². The van der Waals surface area contributed by atoms with E-state index in [9.17, 15) is 9.59 Å². The lowest BCUT2D eigenvalue weighted by atomic mass is 9.98. The van der Waals surface area contributed by atoms with Crippen molar-refractivity contribution in [3.63, 3.8) is 0 Å². The first kappa shape index (κ1) is 19.1. The second-order valence-electron chi connectivity index (χ2n) is 7.39. The van der Waals surface area contributed by atoms with Crippen LogP contribution in [0, 0.1) is 6.92 Å². The Morgan fingerprint density at radius 3 is 2.65 bits per heavy atom. The number of amides is 1. The zero-order chi connectivity index (χ0) is 21.5. The van der Waals surface area contributed by atoms with Gasteiger partial charge >= 0.3 is 0 Å². The Kier molecular flexibility index (Phi) is 4.55. The topological polar surface area (TPSA) is 72.6 Å². The molecule has 0 unspecified atom stereocenters. The molecule has 0 N–H and O–H groups in total. The van der Waals surface area contributed by atoms with Crippen LogP contribution >= 0.6 is 0 Å². The van der Waals surface area contributed by atoms with E-state index in [2.05, 4.69) is 4.98 Å². The SMILES string of the molecule is CCOc1cccc([C@H]2c3c(oc4ccccc4c3=O)C(=O)N2c2cccc(C)n2)c1. The minimum atomic E-state index is -0.668. The first-order valence-corrected chi connectivity index (χ1v) is 10.1. The largest absolute Gasteiger partial charge is 0.494 e. The number of aromatic nitrogens is 1. The quantitative estimate of drug-likeness (QED) is 0.488. The van der Waals surface area contributed by atoms with Crippen LogP contribution in [0.2, 0.25) is 0 Å². The number of pyridine rings is 1. The van der Waals surface area contributed by atoms with Gasteiger partial charge in [-0.3, -0.25) is 14.5 Å². The van der Waals surface area contributed by atoms with Crippen molar-refractivity contribution in [3.8, 4) is 5.75 Å². The van der Waals surface area contributed by atoms with E-state index in [0.717, 1.165) is 11.3 Å². The van der Waals surface area contributed by atoms with Gasteiger partial charge < -0.3 is 9.15 Å². The van der Waals surface area contributed by atoms with Crippen molar-refractivity contribution in [2.24, 2.45) is 0 Å². The standard InChI is InChI=1S/C25H20N2O4/c1-3-30-17-10-7-9-16(14-17)22-21-23(28)18-11-4-5-12-19(18)31-24(21)25(29)27(22)20-13-6-8-15(2)26-20/h4-14,22H,3H2,1-2H3/t22-/m0/s1. The Morgan fingerprint density at radius 1 is 1.03 bits per heavy atom. The van der Waals surface area contributed by atoms with Gasteiger partial charge in [0, 0.05) is 5.69 Å². The van der Waals surface area contributed by atoms with Crippen LogP contribution in [0.5, 0.6) is 5.75 Å². The van der Waals surface area contributed by atoms with Crippen molar-refractivity contribution in [2.75, 3.05) is 11.5 Å². The smallest absolute Gasteiger partial charge is 0.296 e. The summed E-state index contributed by atoms with van der Waals surface area (Å²) in [5.74, 6) is 0.802. The predicted molar refractivity (Wildman–Crippen MR) is 118 cm³/mol. The minimum absolute atomic E-state index is 0.0545. The van der Waals surface area contributed by atoms with Gasteiger partial charge in [0.1, 0.15) is 17.2 Å². The highest BCUT2D eigenvalue weighted by molar-refractivity contribution is 6.10. The molecule has 5 rings (SSSR count). The molecule has 6 heteroatoms. The van der Waals surface area contributed by atoms with E-state index in [0.29, 0.717) is 34.7 Å². The maximum atomic E-state index is 13.5. The molecule has 0 aliphatic carbocycles. The summed E-state index contributed by atoms with van der Waals surface area (Å²) in [5, 5.41) is 0.444. The molecule has 4 aromatic rings. The lowest BCUT2D eigenvalue weighted by Gasteiger charge is -2.24. The molecule has 154 valence electrons. The van der Waals surface area contributed by atoms with E-state index in [1.54, 1.807) is 30.3 Å². The molecular weight excluding hydrogens is 392 g/mol. The van der Waals surface area contributed by atoms with E-state index in [1.165, 1.54) is 4.90 Å². The molecule has 0 fully saturated rings. The van der Waals surface area contributed by atoms with Crippen molar-refractivity contribution in [1.82, 2.24) is 4.98 Å². The first-order chi connectivity index (χ1) is 15.1. The summed E-state index contributed by atoms with van der Waals surface area (Å²) in [7, 11) is 0. The van der Waals surface area contributed by atoms with Gasteiger partial charge in [-0.1, -0.05) is 30.3 Å². The van der Waals surface area contributed by atoms with Gasteiger partial charge in [0.15, 0.2) is 5.43 Å². The molecule has 0 saturated carbocycles. The molecule has 0 radical (unpaired) electrons. The maximum Gasteiger partial charge on any atom is 0.296 e. The van der Waals surface area contributed by atoms with E-state index < -0.39 is 6.04 Å².